The van der Waals surface area contributed by atoms with Gasteiger partial charge < -0.3 is 10.4 Å². The quantitative estimate of drug-likeness (QED) is 0.814. The first-order chi connectivity index (χ1) is 10.7. The van der Waals surface area contributed by atoms with Crippen molar-refractivity contribution in [3.05, 3.63) is 65.7 Å². The Morgan fingerprint density at radius 3 is 2.73 bits per heavy atom. The average Bonchev–Trinajstić information content (AvgIpc) is 3.32. The van der Waals surface area contributed by atoms with Crippen LogP contribution >= 0.6 is 0 Å². The first-order valence-corrected chi connectivity index (χ1v) is 7.82. The maximum atomic E-state index is 10.6. The van der Waals surface area contributed by atoms with Gasteiger partial charge in [-0.15, -0.1) is 0 Å². The van der Waals surface area contributed by atoms with E-state index in [9.17, 15) is 4.79 Å². The molecule has 1 aliphatic carbocycles. The number of hydrogen-bond acceptors (Lipinski definition) is 2. The third kappa shape index (κ3) is 3.88. The molecule has 0 spiro atoms. The average molecular weight is 295 g/mol. The zero-order valence-corrected chi connectivity index (χ0v) is 12.5. The number of benzene rings is 2. The van der Waals surface area contributed by atoms with Gasteiger partial charge in [0.05, 0.1) is 0 Å². The number of anilines is 1. The molecule has 0 aliphatic heterocycles. The lowest BCUT2D eigenvalue weighted by molar-refractivity contribution is -0.136. The maximum Gasteiger partial charge on any atom is 0.303 e. The highest BCUT2D eigenvalue weighted by Crippen LogP contribution is 2.47. The smallest absolute Gasteiger partial charge is 0.303 e. The molecule has 3 nitrogen and oxygen atoms in total. The Morgan fingerprint density at radius 2 is 1.95 bits per heavy atom. The van der Waals surface area contributed by atoms with Crippen LogP contribution in [-0.4, -0.2) is 17.6 Å². The second-order valence-electron chi connectivity index (χ2n) is 5.99. The number of carboxylic acid groups (broad SMARTS) is 1. The predicted octanol–water partition coefficient (Wildman–Crippen LogP) is 3.92. The lowest BCUT2D eigenvalue weighted by Gasteiger charge is -2.08. The minimum atomic E-state index is -0.748. The lowest BCUT2D eigenvalue weighted by Crippen LogP contribution is -2.05. The van der Waals surface area contributed by atoms with E-state index in [0.717, 1.165) is 17.8 Å². The monoisotopic (exact) mass is 295 g/mol. The van der Waals surface area contributed by atoms with Crippen molar-refractivity contribution in [3.8, 4) is 0 Å². The molecule has 0 unspecified atom stereocenters. The Kier molecular flexibility index (Phi) is 4.42. The van der Waals surface area contributed by atoms with Gasteiger partial charge in [0.15, 0.2) is 0 Å². The number of hydrogen-bond donors (Lipinski definition) is 2. The molecule has 0 heterocycles. The van der Waals surface area contributed by atoms with Crippen LogP contribution in [-0.2, 0) is 11.2 Å². The van der Waals surface area contributed by atoms with E-state index in [2.05, 4.69) is 41.7 Å². The molecule has 0 radical (unpaired) electrons. The molecule has 3 rings (SSSR count). The van der Waals surface area contributed by atoms with E-state index < -0.39 is 5.97 Å². The first-order valence-electron chi connectivity index (χ1n) is 7.82. The van der Waals surface area contributed by atoms with Crippen LogP contribution in [0.4, 0.5) is 5.69 Å². The minimum Gasteiger partial charge on any atom is -0.481 e. The van der Waals surface area contributed by atoms with Crippen LogP contribution in [0.15, 0.2) is 54.6 Å². The standard InChI is InChI=1S/C19H21NO2/c21-19(22)10-9-14-5-4-8-17(11-14)20-13-16-12-18(16)15-6-2-1-3-7-15/h1-8,11,16,18,20H,9-10,12-13H2,(H,21,22)/t16-,18-/m0/s1. The first kappa shape index (κ1) is 14.6. The molecule has 2 atom stereocenters. The molecule has 3 heteroatoms. The van der Waals surface area contributed by atoms with E-state index >= 15 is 0 Å². The predicted molar refractivity (Wildman–Crippen MR) is 88.2 cm³/mol. The normalized spacial score (nSPS) is 19.6. The molecular formula is C19H21NO2. The summed E-state index contributed by atoms with van der Waals surface area (Å²) in [6, 6.07) is 18.7. The van der Waals surface area contributed by atoms with Gasteiger partial charge in [0, 0.05) is 18.7 Å². The Balaban J connectivity index is 1.50. The van der Waals surface area contributed by atoms with E-state index in [0.29, 0.717) is 18.3 Å². The number of carbonyl (C=O) groups is 1. The fourth-order valence-corrected chi connectivity index (χ4v) is 2.92. The molecule has 114 valence electrons. The second kappa shape index (κ2) is 6.65. The van der Waals surface area contributed by atoms with Crippen molar-refractivity contribution in [1.82, 2.24) is 0 Å². The van der Waals surface area contributed by atoms with E-state index in [1.165, 1.54) is 12.0 Å². The van der Waals surface area contributed by atoms with Crippen LogP contribution in [0.3, 0.4) is 0 Å². The van der Waals surface area contributed by atoms with Gasteiger partial charge in [0.25, 0.3) is 0 Å². The number of nitrogens with one attached hydrogen (secondary N) is 1. The summed E-state index contributed by atoms with van der Waals surface area (Å²) in [6.45, 7) is 0.974. The van der Waals surface area contributed by atoms with Gasteiger partial charge in [-0.3, -0.25) is 4.79 Å². The van der Waals surface area contributed by atoms with Gasteiger partial charge in [-0.05, 0) is 47.9 Å². The van der Waals surface area contributed by atoms with Gasteiger partial charge in [0.1, 0.15) is 0 Å². The van der Waals surface area contributed by atoms with Crippen molar-refractivity contribution in [2.24, 2.45) is 5.92 Å². The summed E-state index contributed by atoms with van der Waals surface area (Å²) in [5.41, 5.74) is 3.59. The minimum absolute atomic E-state index is 0.183. The molecule has 2 N–H and O–H groups in total. The summed E-state index contributed by atoms with van der Waals surface area (Å²) < 4.78 is 0. The molecule has 2 aromatic carbocycles. The highest BCUT2D eigenvalue weighted by molar-refractivity contribution is 5.67. The molecular weight excluding hydrogens is 274 g/mol. The van der Waals surface area contributed by atoms with E-state index in [-0.39, 0.29) is 6.42 Å². The van der Waals surface area contributed by atoms with Crippen molar-refractivity contribution < 1.29 is 9.90 Å². The molecule has 0 saturated heterocycles. The maximum absolute atomic E-state index is 10.6. The third-order valence-electron chi connectivity index (χ3n) is 4.27. The van der Waals surface area contributed by atoms with Gasteiger partial charge in [-0.2, -0.15) is 0 Å². The van der Waals surface area contributed by atoms with Crippen LogP contribution in [0.2, 0.25) is 0 Å². The van der Waals surface area contributed by atoms with Crippen LogP contribution in [0.5, 0.6) is 0 Å². The molecule has 0 bridgehead atoms. The Bertz CT molecular complexity index is 639. The van der Waals surface area contributed by atoms with Gasteiger partial charge >= 0.3 is 5.97 Å². The molecule has 1 saturated carbocycles. The topological polar surface area (TPSA) is 49.3 Å². The summed E-state index contributed by atoms with van der Waals surface area (Å²) in [5.74, 6) is 0.635. The van der Waals surface area contributed by atoms with Gasteiger partial charge in [-0.1, -0.05) is 42.5 Å². The highest BCUT2D eigenvalue weighted by Gasteiger charge is 2.37. The highest BCUT2D eigenvalue weighted by atomic mass is 16.4. The molecule has 1 aliphatic rings. The van der Waals surface area contributed by atoms with E-state index in [1.807, 2.05) is 18.2 Å². The number of carboxylic acids is 1. The molecule has 0 amide bonds. The summed E-state index contributed by atoms with van der Waals surface area (Å²) >= 11 is 0. The van der Waals surface area contributed by atoms with Crippen molar-refractivity contribution in [2.45, 2.75) is 25.2 Å². The fourth-order valence-electron chi connectivity index (χ4n) is 2.92. The second-order valence-corrected chi connectivity index (χ2v) is 5.99. The molecule has 22 heavy (non-hydrogen) atoms. The molecule has 2 aromatic rings. The largest absolute Gasteiger partial charge is 0.481 e. The third-order valence-corrected chi connectivity index (χ3v) is 4.27. The van der Waals surface area contributed by atoms with E-state index in [1.54, 1.807) is 0 Å². The summed E-state index contributed by atoms with van der Waals surface area (Å²) in [5, 5.41) is 12.2. The van der Waals surface area contributed by atoms with Gasteiger partial charge in [-0.25, -0.2) is 0 Å². The number of aliphatic carboxylic acids is 1. The lowest BCUT2D eigenvalue weighted by atomic mass is 10.1. The SMILES string of the molecule is O=C(O)CCc1cccc(NC[C@@H]2C[C@H]2c2ccccc2)c1. The Hall–Kier alpha value is -2.29. The summed E-state index contributed by atoms with van der Waals surface area (Å²) in [4.78, 5) is 10.6. The number of rotatable bonds is 7. The van der Waals surface area contributed by atoms with Crippen LogP contribution in [0.1, 0.15) is 29.9 Å². The number of aryl methyl sites for hydroxylation is 1. The van der Waals surface area contributed by atoms with Crippen molar-refractivity contribution in [3.63, 3.8) is 0 Å². The van der Waals surface area contributed by atoms with E-state index in [4.69, 9.17) is 5.11 Å². The molecule has 0 aromatic heterocycles. The van der Waals surface area contributed by atoms with Crippen LogP contribution in [0.25, 0.3) is 0 Å². The van der Waals surface area contributed by atoms with Crippen LogP contribution in [0, 0.1) is 5.92 Å². The summed E-state index contributed by atoms with van der Waals surface area (Å²) in [6.07, 6.45) is 2.01. The van der Waals surface area contributed by atoms with Crippen molar-refractivity contribution in [2.75, 3.05) is 11.9 Å². The van der Waals surface area contributed by atoms with Crippen LogP contribution < -0.4 is 5.32 Å². The van der Waals surface area contributed by atoms with Crippen molar-refractivity contribution in [1.29, 1.82) is 0 Å². The summed E-state index contributed by atoms with van der Waals surface area (Å²) in [7, 11) is 0. The fraction of sp³-hybridized carbons (Fsp3) is 0.316. The van der Waals surface area contributed by atoms with Crippen molar-refractivity contribution >= 4 is 11.7 Å². The Labute approximate surface area is 131 Å². The zero-order chi connectivity index (χ0) is 15.4. The molecule has 1 fully saturated rings. The van der Waals surface area contributed by atoms with Gasteiger partial charge in [0.2, 0.25) is 0 Å². The zero-order valence-electron chi connectivity index (χ0n) is 12.5. The Morgan fingerprint density at radius 1 is 1.14 bits per heavy atom.